The molecule has 0 saturated heterocycles. The molecule has 4 nitrogen and oxygen atoms in total. The monoisotopic (exact) mass is 228 g/mol. The van der Waals surface area contributed by atoms with Crippen molar-refractivity contribution in [2.45, 2.75) is 52.0 Å². The lowest BCUT2D eigenvalue weighted by Gasteiger charge is -2.12. The maximum atomic E-state index is 11.4. The number of amides is 1. The number of likely N-dealkylation sites (N-methyl/N-ethyl adjacent to an activating group) is 1. The van der Waals surface area contributed by atoms with Gasteiger partial charge in [0.25, 0.3) is 0 Å². The van der Waals surface area contributed by atoms with Gasteiger partial charge in [-0.25, -0.2) is 0 Å². The Labute approximate surface area is 98.2 Å². The molecule has 0 heterocycles. The van der Waals surface area contributed by atoms with Crippen LogP contribution in [0.3, 0.4) is 0 Å². The third-order valence-electron chi connectivity index (χ3n) is 2.58. The number of Topliss-reactive ketones (excluding diaryl/α,β-unsaturated/α-hetero) is 1. The molecule has 16 heavy (non-hydrogen) atoms. The summed E-state index contributed by atoms with van der Waals surface area (Å²) in [6, 6.07) is -0.351. The molecule has 94 valence electrons. The van der Waals surface area contributed by atoms with Gasteiger partial charge in [0.1, 0.15) is 5.78 Å². The second-order valence-corrected chi connectivity index (χ2v) is 4.07. The van der Waals surface area contributed by atoms with Crippen LogP contribution < -0.4 is 10.6 Å². The Kier molecular flexibility index (Phi) is 8.81. The van der Waals surface area contributed by atoms with E-state index in [1.54, 1.807) is 7.05 Å². The number of ketones is 1. The smallest absolute Gasteiger partial charge is 0.222 e. The van der Waals surface area contributed by atoms with Crippen molar-refractivity contribution in [3.8, 4) is 0 Å². The first-order valence-corrected chi connectivity index (χ1v) is 6.06. The van der Waals surface area contributed by atoms with Crippen molar-refractivity contribution in [3.05, 3.63) is 0 Å². The van der Waals surface area contributed by atoms with Crippen molar-refractivity contribution in [2.24, 2.45) is 0 Å². The van der Waals surface area contributed by atoms with Gasteiger partial charge >= 0.3 is 0 Å². The summed E-state index contributed by atoms with van der Waals surface area (Å²) in [6.45, 7) is 4.37. The molecule has 0 fully saturated rings. The van der Waals surface area contributed by atoms with E-state index >= 15 is 0 Å². The molecule has 0 bridgehead atoms. The summed E-state index contributed by atoms with van der Waals surface area (Å²) in [5.41, 5.74) is 0. The van der Waals surface area contributed by atoms with Gasteiger partial charge in [0, 0.05) is 13.0 Å². The van der Waals surface area contributed by atoms with Gasteiger partial charge < -0.3 is 10.6 Å². The van der Waals surface area contributed by atoms with E-state index in [9.17, 15) is 9.59 Å². The van der Waals surface area contributed by atoms with E-state index in [2.05, 4.69) is 17.6 Å². The molecule has 0 aliphatic heterocycles. The van der Waals surface area contributed by atoms with E-state index < -0.39 is 0 Å². The van der Waals surface area contributed by atoms with Gasteiger partial charge in [0.2, 0.25) is 5.91 Å². The number of rotatable bonds is 9. The number of unbranched alkanes of at least 4 members (excludes halogenated alkanes) is 3. The summed E-state index contributed by atoms with van der Waals surface area (Å²) < 4.78 is 0. The van der Waals surface area contributed by atoms with Gasteiger partial charge in [-0.1, -0.05) is 26.2 Å². The highest BCUT2D eigenvalue weighted by molar-refractivity contribution is 5.88. The molecule has 0 unspecified atom stereocenters. The van der Waals surface area contributed by atoms with Crippen LogP contribution in [0.2, 0.25) is 0 Å². The third-order valence-corrected chi connectivity index (χ3v) is 2.58. The van der Waals surface area contributed by atoms with Gasteiger partial charge in [0.05, 0.1) is 6.04 Å². The molecule has 0 saturated carbocycles. The summed E-state index contributed by atoms with van der Waals surface area (Å²) in [4.78, 5) is 22.5. The standard InChI is InChI=1S/C12H24N2O2/c1-4-5-6-7-8-14-12(16)9-11(13-3)10(2)15/h11,13H,4-9H2,1-3H3,(H,14,16)/t11-/m0/s1. The van der Waals surface area contributed by atoms with E-state index in [0.29, 0.717) is 6.54 Å². The molecule has 2 N–H and O–H groups in total. The Bertz CT molecular complexity index is 217. The number of nitrogens with one attached hydrogen (secondary N) is 2. The van der Waals surface area contributed by atoms with E-state index in [4.69, 9.17) is 0 Å². The zero-order valence-electron chi connectivity index (χ0n) is 10.6. The maximum Gasteiger partial charge on any atom is 0.222 e. The van der Waals surface area contributed by atoms with Crippen molar-refractivity contribution in [3.63, 3.8) is 0 Å². The number of carbonyl (C=O) groups excluding carboxylic acids is 2. The molecule has 0 aromatic carbocycles. The Balaban J connectivity index is 3.61. The largest absolute Gasteiger partial charge is 0.356 e. The molecule has 0 aliphatic rings. The van der Waals surface area contributed by atoms with Crippen LogP contribution in [0.4, 0.5) is 0 Å². The first-order chi connectivity index (χ1) is 7.61. The topological polar surface area (TPSA) is 58.2 Å². The summed E-state index contributed by atoms with van der Waals surface area (Å²) in [6.07, 6.45) is 4.81. The minimum atomic E-state index is -0.351. The lowest BCUT2D eigenvalue weighted by atomic mass is 10.1. The second kappa shape index (κ2) is 9.33. The van der Waals surface area contributed by atoms with E-state index in [1.165, 1.54) is 19.8 Å². The van der Waals surface area contributed by atoms with Crippen molar-refractivity contribution in [1.82, 2.24) is 10.6 Å². The minimum Gasteiger partial charge on any atom is -0.356 e. The lowest BCUT2D eigenvalue weighted by Crippen LogP contribution is -2.38. The number of hydrogen-bond donors (Lipinski definition) is 2. The molecule has 0 aromatic rings. The molecule has 0 radical (unpaired) electrons. The highest BCUT2D eigenvalue weighted by Crippen LogP contribution is 1.98. The molecular formula is C12H24N2O2. The van der Waals surface area contributed by atoms with Crippen molar-refractivity contribution < 1.29 is 9.59 Å². The maximum absolute atomic E-state index is 11.4. The highest BCUT2D eigenvalue weighted by atomic mass is 16.2. The van der Waals surface area contributed by atoms with Gasteiger partial charge in [-0.3, -0.25) is 9.59 Å². The van der Waals surface area contributed by atoms with Gasteiger partial charge in [-0.05, 0) is 20.4 Å². The zero-order valence-corrected chi connectivity index (χ0v) is 10.6. The minimum absolute atomic E-state index is 0.00336. The average molecular weight is 228 g/mol. The second-order valence-electron chi connectivity index (χ2n) is 4.07. The van der Waals surface area contributed by atoms with E-state index in [-0.39, 0.29) is 24.2 Å². The van der Waals surface area contributed by atoms with Crippen molar-refractivity contribution in [2.75, 3.05) is 13.6 Å². The molecular weight excluding hydrogens is 204 g/mol. The lowest BCUT2D eigenvalue weighted by molar-refractivity contribution is -0.126. The summed E-state index contributed by atoms with van der Waals surface area (Å²) >= 11 is 0. The molecule has 0 aromatic heterocycles. The van der Waals surface area contributed by atoms with Gasteiger partial charge in [-0.2, -0.15) is 0 Å². The molecule has 0 spiro atoms. The molecule has 1 amide bonds. The fourth-order valence-corrected chi connectivity index (χ4v) is 1.49. The normalized spacial score (nSPS) is 12.2. The number of hydrogen-bond acceptors (Lipinski definition) is 3. The van der Waals surface area contributed by atoms with Crippen LogP contribution >= 0.6 is 0 Å². The molecule has 1 atom stereocenters. The summed E-state index contributed by atoms with van der Waals surface area (Å²) in [5.74, 6) is -0.0466. The van der Waals surface area contributed by atoms with Crippen molar-refractivity contribution in [1.29, 1.82) is 0 Å². The molecule has 0 aliphatic carbocycles. The molecule has 4 heteroatoms. The highest BCUT2D eigenvalue weighted by Gasteiger charge is 2.15. The van der Waals surface area contributed by atoms with Crippen LogP contribution in [0.25, 0.3) is 0 Å². The quantitative estimate of drug-likeness (QED) is 0.584. The van der Waals surface area contributed by atoms with Crippen LogP contribution in [0.1, 0.15) is 46.0 Å². The van der Waals surface area contributed by atoms with Gasteiger partial charge in [0.15, 0.2) is 0 Å². The Hall–Kier alpha value is -0.900. The molecule has 0 rings (SSSR count). The predicted octanol–water partition coefficient (Wildman–Crippen LogP) is 1.25. The Morgan fingerprint density at radius 1 is 1.19 bits per heavy atom. The van der Waals surface area contributed by atoms with E-state index in [0.717, 1.165) is 12.8 Å². The fourth-order valence-electron chi connectivity index (χ4n) is 1.49. The van der Waals surface area contributed by atoms with Crippen LogP contribution in [0.5, 0.6) is 0 Å². The number of carbonyl (C=O) groups is 2. The van der Waals surface area contributed by atoms with Gasteiger partial charge in [-0.15, -0.1) is 0 Å². The summed E-state index contributed by atoms with van der Waals surface area (Å²) in [7, 11) is 1.70. The first kappa shape index (κ1) is 15.1. The average Bonchev–Trinajstić information content (AvgIpc) is 2.25. The Morgan fingerprint density at radius 2 is 1.88 bits per heavy atom. The van der Waals surface area contributed by atoms with Crippen LogP contribution in [0.15, 0.2) is 0 Å². The van der Waals surface area contributed by atoms with Crippen molar-refractivity contribution >= 4 is 11.7 Å². The Morgan fingerprint density at radius 3 is 2.38 bits per heavy atom. The van der Waals surface area contributed by atoms with Crippen LogP contribution in [-0.4, -0.2) is 31.3 Å². The summed E-state index contributed by atoms with van der Waals surface area (Å²) in [5, 5.41) is 5.66. The fraction of sp³-hybridized carbons (Fsp3) is 0.833. The van der Waals surface area contributed by atoms with Crippen LogP contribution in [-0.2, 0) is 9.59 Å². The van der Waals surface area contributed by atoms with E-state index in [1.807, 2.05) is 0 Å². The SMILES string of the molecule is CCCCCCNC(=O)C[C@H](NC)C(C)=O. The zero-order chi connectivity index (χ0) is 12.4. The van der Waals surface area contributed by atoms with Crippen LogP contribution in [0, 0.1) is 0 Å². The third kappa shape index (κ3) is 7.40. The predicted molar refractivity (Wildman–Crippen MR) is 65.3 cm³/mol. The first-order valence-electron chi connectivity index (χ1n) is 6.06.